The van der Waals surface area contributed by atoms with Crippen LogP contribution in [-0.4, -0.2) is 48.5 Å². The van der Waals surface area contributed by atoms with Crippen molar-refractivity contribution >= 4 is 32.5 Å². The van der Waals surface area contributed by atoms with E-state index in [2.05, 4.69) is 41.1 Å². The molecule has 0 radical (unpaired) electrons. The van der Waals surface area contributed by atoms with Crippen LogP contribution in [0.25, 0.3) is 27.4 Å². The summed E-state index contributed by atoms with van der Waals surface area (Å²) in [6.45, 7) is 6.46. The topological polar surface area (TPSA) is 71.2 Å². The normalized spacial score (nSPS) is 26.6. The number of thiazole rings is 1. The number of halogens is 1. The minimum absolute atomic E-state index is 0.241. The van der Waals surface area contributed by atoms with Gasteiger partial charge in [-0.25, -0.2) is 24.3 Å². The summed E-state index contributed by atoms with van der Waals surface area (Å²) in [5.74, 6) is 0.113. The van der Waals surface area contributed by atoms with E-state index in [-0.39, 0.29) is 16.9 Å². The summed E-state index contributed by atoms with van der Waals surface area (Å²) < 4.78 is 16.3. The predicted octanol–water partition coefficient (Wildman–Crippen LogP) is 5.13. The first kappa shape index (κ1) is 21.9. The van der Waals surface area contributed by atoms with Gasteiger partial charge < -0.3 is 14.6 Å². The Bertz CT molecular complexity index is 1380. The number of aromatic nitrogens is 5. The van der Waals surface area contributed by atoms with Gasteiger partial charge in [0, 0.05) is 42.1 Å². The van der Waals surface area contributed by atoms with E-state index in [1.165, 1.54) is 18.9 Å². The quantitative estimate of drug-likeness (QED) is 0.428. The summed E-state index contributed by atoms with van der Waals surface area (Å²) in [4.78, 5) is 21.5. The number of fused-ring (bicyclic) bond motifs is 4. The van der Waals surface area contributed by atoms with Gasteiger partial charge in [-0.15, -0.1) is 0 Å². The second-order valence-electron chi connectivity index (χ2n) is 10.1. The fourth-order valence-electron chi connectivity index (χ4n) is 6.01. The first-order valence-corrected chi connectivity index (χ1v) is 13.0. The molecule has 2 unspecified atom stereocenters. The van der Waals surface area contributed by atoms with Gasteiger partial charge in [0.2, 0.25) is 0 Å². The molecule has 0 aromatic carbocycles. The number of hydrogen-bond donors (Lipinski definition) is 1. The Hall–Kier alpha value is -2.65. The lowest BCUT2D eigenvalue weighted by Crippen LogP contribution is -2.60. The summed E-state index contributed by atoms with van der Waals surface area (Å²) in [5, 5.41) is 4.99. The molecule has 4 aromatic rings. The first-order valence-electron chi connectivity index (χ1n) is 12.1. The maximum atomic E-state index is 14.6. The predicted molar refractivity (Wildman–Crippen MR) is 134 cm³/mol. The van der Waals surface area contributed by atoms with Crippen LogP contribution in [0.2, 0.25) is 0 Å². The van der Waals surface area contributed by atoms with Gasteiger partial charge in [-0.1, -0.05) is 25.2 Å². The molecule has 0 saturated carbocycles. The molecule has 2 atom stereocenters. The third-order valence-electron chi connectivity index (χ3n) is 8.09. The molecule has 2 saturated heterocycles. The van der Waals surface area contributed by atoms with Crippen LogP contribution in [0.5, 0.6) is 0 Å². The zero-order valence-electron chi connectivity index (χ0n) is 20.1. The van der Waals surface area contributed by atoms with Crippen molar-refractivity contribution in [2.45, 2.75) is 76.4 Å². The van der Waals surface area contributed by atoms with E-state index in [4.69, 9.17) is 9.97 Å². The van der Waals surface area contributed by atoms with Crippen molar-refractivity contribution < 1.29 is 4.39 Å². The highest BCUT2D eigenvalue weighted by atomic mass is 32.1. The largest absolute Gasteiger partial charge is 0.348 e. The Morgan fingerprint density at radius 3 is 2.59 bits per heavy atom. The number of hydrogen-bond acceptors (Lipinski definition) is 7. The summed E-state index contributed by atoms with van der Waals surface area (Å²) in [6.07, 6.45) is 12.5. The molecule has 0 aliphatic carbocycles. The fourth-order valence-corrected chi connectivity index (χ4v) is 6.96. The highest BCUT2D eigenvalue weighted by Gasteiger charge is 2.52. The Kier molecular flexibility index (Phi) is 4.94. The molecule has 7 nitrogen and oxygen atoms in total. The van der Waals surface area contributed by atoms with Crippen molar-refractivity contribution in [1.29, 1.82) is 0 Å². The Morgan fingerprint density at radius 2 is 1.88 bits per heavy atom. The number of anilines is 1. The second-order valence-corrected chi connectivity index (χ2v) is 11.1. The van der Waals surface area contributed by atoms with Crippen LogP contribution in [-0.2, 0) is 0 Å². The van der Waals surface area contributed by atoms with Crippen LogP contribution in [0.1, 0.15) is 58.1 Å². The molecule has 34 heavy (non-hydrogen) atoms. The number of nitrogens with zero attached hydrogens (tertiary/aromatic N) is 6. The monoisotopic (exact) mass is 479 g/mol. The molecule has 0 amide bonds. The van der Waals surface area contributed by atoms with E-state index in [0.717, 1.165) is 46.9 Å². The van der Waals surface area contributed by atoms with E-state index in [1.54, 1.807) is 28.1 Å². The lowest BCUT2D eigenvalue weighted by Gasteiger charge is -2.47. The van der Waals surface area contributed by atoms with Crippen molar-refractivity contribution in [1.82, 2.24) is 29.7 Å². The van der Waals surface area contributed by atoms with E-state index < -0.39 is 0 Å². The highest BCUT2D eigenvalue weighted by molar-refractivity contribution is 7.21. The number of rotatable bonds is 5. The van der Waals surface area contributed by atoms with Crippen molar-refractivity contribution in [3.05, 3.63) is 36.2 Å². The fraction of sp³-hybridized carbons (Fsp3) is 0.520. The van der Waals surface area contributed by atoms with Gasteiger partial charge in [-0.05, 0) is 51.5 Å². The number of piperidine rings is 1. The molecule has 2 aliphatic rings. The van der Waals surface area contributed by atoms with Crippen LogP contribution < -0.4 is 10.2 Å². The van der Waals surface area contributed by atoms with Gasteiger partial charge in [0.1, 0.15) is 10.3 Å². The van der Waals surface area contributed by atoms with E-state index >= 15 is 0 Å². The minimum Gasteiger partial charge on any atom is -0.348 e. The number of pyridine rings is 1. The van der Waals surface area contributed by atoms with Gasteiger partial charge in [-0.2, -0.15) is 0 Å². The second kappa shape index (κ2) is 7.68. The van der Waals surface area contributed by atoms with Crippen molar-refractivity contribution in [3.63, 3.8) is 0 Å². The molecule has 6 rings (SSSR count). The van der Waals surface area contributed by atoms with E-state index in [0.29, 0.717) is 23.1 Å². The molecular formula is C25H30FN7S. The van der Waals surface area contributed by atoms with Crippen LogP contribution in [0.4, 0.5) is 9.52 Å². The zero-order valence-corrected chi connectivity index (χ0v) is 20.9. The first-order chi connectivity index (χ1) is 16.3. The molecule has 4 aromatic heterocycles. The summed E-state index contributed by atoms with van der Waals surface area (Å²) in [7, 11) is 2.17. The van der Waals surface area contributed by atoms with Crippen LogP contribution in [0.3, 0.4) is 0 Å². The Balaban J connectivity index is 1.32. The van der Waals surface area contributed by atoms with E-state index in [9.17, 15) is 4.39 Å². The molecule has 178 valence electrons. The van der Waals surface area contributed by atoms with Gasteiger partial charge in [0.25, 0.3) is 0 Å². The summed E-state index contributed by atoms with van der Waals surface area (Å²) in [6, 6.07) is 1.90. The van der Waals surface area contributed by atoms with Crippen molar-refractivity contribution in [2.24, 2.45) is 0 Å². The van der Waals surface area contributed by atoms with Crippen molar-refractivity contribution in [2.75, 3.05) is 11.9 Å². The molecule has 2 aliphatic heterocycles. The molecule has 2 bridgehead atoms. The lowest BCUT2D eigenvalue weighted by atomic mass is 9.80. The maximum absolute atomic E-state index is 14.6. The average Bonchev–Trinajstić information content (AvgIpc) is 3.51. The van der Waals surface area contributed by atoms with Crippen LogP contribution >= 0.6 is 11.3 Å². The summed E-state index contributed by atoms with van der Waals surface area (Å²) in [5.41, 5.74) is 2.97. The highest BCUT2D eigenvalue weighted by Crippen LogP contribution is 2.47. The van der Waals surface area contributed by atoms with Crippen molar-refractivity contribution in [3.8, 4) is 11.4 Å². The lowest BCUT2D eigenvalue weighted by molar-refractivity contribution is 0.172. The molecule has 9 heteroatoms. The number of aryl methyl sites for hydroxylation is 1. The molecular weight excluding hydrogens is 449 g/mol. The average molecular weight is 480 g/mol. The standard InChI is InChI=1S/C25H30FN7S/c1-5-24-7-8-25(6-2,31-24)11-17(10-24)32(4)23-29-19-12-27-20(30-22(19)34-23)16-9-18(26)21-28-15(3)13-33(21)14-16/h9,12-14,17,31H,5-8,10-11H2,1-4H3. The molecule has 2 fully saturated rings. The Morgan fingerprint density at radius 1 is 1.15 bits per heavy atom. The number of nitrogens with one attached hydrogen (secondary N) is 1. The molecule has 0 spiro atoms. The van der Waals surface area contributed by atoms with Gasteiger partial charge in [0.05, 0.1) is 11.9 Å². The molecule has 6 heterocycles. The van der Waals surface area contributed by atoms with Crippen LogP contribution in [0.15, 0.2) is 24.7 Å². The Labute approximate surface area is 202 Å². The van der Waals surface area contributed by atoms with Gasteiger partial charge >= 0.3 is 0 Å². The third-order valence-corrected chi connectivity index (χ3v) is 9.15. The SMILES string of the molecule is CCC12CCC(CC)(CC(N(C)c3nc4cnc(-c5cc(F)c6nc(C)cn6c5)nc4s3)C1)N2. The zero-order chi connectivity index (χ0) is 23.7. The number of imidazole rings is 1. The maximum Gasteiger partial charge on any atom is 0.187 e. The van der Waals surface area contributed by atoms with Crippen LogP contribution in [0, 0.1) is 12.7 Å². The summed E-state index contributed by atoms with van der Waals surface area (Å²) >= 11 is 1.59. The molecule has 1 N–H and O–H groups in total. The van der Waals surface area contributed by atoms with E-state index in [1.807, 2.05) is 13.1 Å². The van der Waals surface area contributed by atoms with Gasteiger partial charge in [-0.3, -0.25) is 0 Å². The van der Waals surface area contributed by atoms with Gasteiger partial charge in [0.15, 0.2) is 22.4 Å². The smallest absolute Gasteiger partial charge is 0.187 e. The third kappa shape index (κ3) is 3.40. The minimum atomic E-state index is -0.380.